The first-order valence-corrected chi connectivity index (χ1v) is 8.38. The van der Waals surface area contributed by atoms with Gasteiger partial charge >= 0.3 is 0 Å². The summed E-state index contributed by atoms with van der Waals surface area (Å²) in [6, 6.07) is 9.39. The van der Waals surface area contributed by atoms with E-state index in [1.807, 2.05) is 44.2 Å². The molecule has 0 aromatic heterocycles. The van der Waals surface area contributed by atoms with Crippen molar-refractivity contribution in [3.63, 3.8) is 0 Å². The van der Waals surface area contributed by atoms with Crippen molar-refractivity contribution in [1.82, 2.24) is 0 Å². The van der Waals surface area contributed by atoms with Gasteiger partial charge in [-0.05, 0) is 36.5 Å². The minimum Gasteiger partial charge on any atom is -0.380 e. The highest BCUT2D eigenvalue weighted by molar-refractivity contribution is 6.04. The van der Waals surface area contributed by atoms with Gasteiger partial charge in [0.1, 0.15) is 5.60 Å². The molecule has 3 nitrogen and oxygen atoms in total. The lowest BCUT2D eigenvalue weighted by atomic mass is 9.64. The molecule has 0 bridgehead atoms. The number of carbonyl (C=O) groups excluding carboxylic acids is 1. The topological polar surface area (TPSA) is 46.5 Å². The minimum absolute atomic E-state index is 0.0859. The summed E-state index contributed by atoms with van der Waals surface area (Å²) in [5.74, 6) is -0.0859. The molecule has 24 heavy (non-hydrogen) atoms. The largest absolute Gasteiger partial charge is 0.380 e. The van der Waals surface area contributed by atoms with E-state index in [9.17, 15) is 9.90 Å². The Balaban J connectivity index is 2.77. The summed E-state index contributed by atoms with van der Waals surface area (Å²) in [6.45, 7) is 9.43. The monoisotopic (exact) mass is 326 g/mol. The van der Waals surface area contributed by atoms with Crippen molar-refractivity contribution in [2.24, 2.45) is 0 Å². The second-order valence-corrected chi connectivity index (χ2v) is 6.23. The first-order chi connectivity index (χ1) is 11.4. The molecule has 0 radical (unpaired) electrons. The van der Waals surface area contributed by atoms with Crippen LogP contribution in [0.25, 0.3) is 0 Å². The molecule has 128 valence electrons. The first kappa shape index (κ1) is 18.4. The van der Waals surface area contributed by atoms with Crippen LogP contribution in [0.2, 0.25) is 0 Å². The summed E-state index contributed by atoms with van der Waals surface area (Å²) >= 11 is 0. The maximum Gasteiger partial charge on any atom is 0.195 e. The molecule has 0 saturated carbocycles. The Morgan fingerprint density at radius 1 is 1.33 bits per heavy atom. The van der Waals surface area contributed by atoms with Crippen LogP contribution in [-0.4, -0.2) is 23.6 Å². The van der Waals surface area contributed by atoms with Crippen LogP contribution in [0.5, 0.6) is 0 Å². The zero-order chi connectivity index (χ0) is 18.0. The summed E-state index contributed by atoms with van der Waals surface area (Å²) in [4.78, 5) is 13.2. The van der Waals surface area contributed by atoms with Crippen LogP contribution in [0, 0.1) is 0 Å². The average molecular weight is 326 g/mol. The highest BCUT2D eigenvalue weighted by Gasteiger charge is 2.54. The van der Waals surface area contributed by atoms with Gasteiger partial charge in [-0.1, -0.05) is 50.8 Å². The van der Waals surface area contributed by atoms with Crippen LogP contribution in [0.4, 0.5) is 0 Å². The van der Waals surface area contributed by atoms with Crippen molar-refractivity contribution in [2.75, 3.05) is 7.11 Å². The van der Waals surface area contributed by atoms with Crippen LogP contribution in [0.1, 0.15) is 45.6 Å². The van der Waals surface area contributed by atoms with Crippen LogP contribution in [-0.2, 0) is 15.1 Å². The molecule has 1 aliphatic rings. The quantitative estimate of drug-likeness (QED) is 0.829. The normalized spacial score (nSPS) is 27.1. The van der Waals surface area contributed by atoms with Crippen molar-refractivity contribution < 1.29 is 14.6 Å². The lowest BCUT2D eigenvalue weighted by molar-refractivity contribution is -0.147. The van der Waals surface area contributed by atoms with Crippen LogP contribution in [0.3, 0.4) is 0 Å². The standard InChI is InChI=1S/C21H26O3/c1-6-16(7-2)20(23)14-21(24-5,17-12-10-9-11-13-17)19(22)15(4)18(20)8-3/h9-13,23H,1,7-8,14H2,2-5H3/t20-,21+/m0/s1. The number of carbonyl (C=O) groups is 1. The van der Waals surface area contributed by atoms with Gasteiger partial charge in [-0.2, -0.15) is 0 Å². The van der Waals surface area contributed by atoms with Gasteiger partial charge in [0.15, 0.2) is 11.4 Å². The van der Waals surface area contributed by atoms with Gasteiger partial charge in [0, 0.05) is 19.1 Å². The van der Waals surface area contributed by atoms with Gasteiger partial charge in [0.25, 0.3) is 0 Å². The van der Waals surface area contributed by atoms with Crippen LogP contribution >= 0.6 is 0 Å². The van der Waals surface area contributed by atoms with E-state index < -0.39 is 11.2 Å². The Kier molecular flexibility index (Phi) is 5.29. The number of ketones is 1. The molecule has 2 rings (SSSR count). The molecule has 0 unspecified atom stereocenters. The molecular weight excluding hydrogens is 300 g/mol. The van der Waals surface area contributed by atoms with Crippen molar-refractivity contribution >= 4 is 5.78 Å². The van der Waals surface area contributed by atoms with E-state index in [1.165, 1.54) is 7.11 Å². The molecule has 0 aliphatic heterocycles. The molecule has 1 aliphatic carbocycles. The number of benzene rings is 1. The Labute approximate surface area is 144 Å². The average Bonchev–Trinajstić information content (AvgIpc) is 2.60. The molecule has 1 aromatic rings. The molecule has 3 heteroatoms. The molecule has 0 saturated heterocycles. The Hall–Kier alpha value is -1.93. The van der Waals surface area contributed by atoms with E-state index in [0.29, 0.717) is 24.0 Å². The zero-order valence-electron chi connectivity index (χ0n) is 15.0. The molecule has 0 heterocycles. The molecular formula is C21H26O3. The molecule has 0 spiro atoms. The number of rotatable bonds is 5. The van der Waals surface area contributed by atoms with E-state index in [-0.39, 0.29) is 12.2 Å². The van der Waals surface area contributed by atoms with E-state index in [4.69, 9.17) is 4.74 Å². The van der Waals surface area contributed by atoms with Crippen molar-refractivity contribution in [3.8, 4) is 0 Å². The van der Waals surface area contributed by atoms with E-state index in [0.717, 1.165) is 11.1 Å². The molecule has 1 aromatic carbocycles. The van der Waals surface area contributed by atoms with Gasteiger partial charge in [-0.15, -0.1) is 5.73 Å². The Bertz CT molecular complexity index is 710. The van der Waals surface area contributed by atoms with Crippen LogP contribution in [0.15, 0.2) is 59.4 Å². The van der Waals surface area contributed by atoms with Gasteiger partial charge in [-0.25, -0.2) is 0 Å². The summed E-state index contributed by atoms with van der Waals surface area (Å²) in [6.07, 6.45) is 1.35. The predicted octanol–water partition coefficient (Wildman–Crippen LogP) is 4.08. The molecule has 2 atom stereocenters. The molecule has 0 fully saturated rings. The first-order valence-electron chi connectivity index (χ1n) is 8.38. The summed E-state index contributed by atoms with van der Waals surface area (Å²) in [5.41, 5.74) is 3.18. The highest BCUT2D eigenvalue weighted by Crippen LogP contribution is 2.49. The number of ether oxygens (including phenoxy) is 1. The third-order valence-corrected chi connectivity index (χ3v) is 5.17. The number of Topliss-reactive ketones (excluding diaryl/α,β-unsaturated/α-hetero) is 1. The molecule has 0 amide bonds. The number of hydrogen-bond acceptors (Lipinski definition) is 3. The summed E-state index contributed by atoms with van der Waals surface area (Å²) in [5, 5.41) is 11.6. The second kappa shape index (κ2) is 6.90. The fraction of sp³-hybridized carbons (Fsp3) is 0.429. The van der Waals surface area contributed by atoms with E-state index in [2.05, 4.69) is 12.3 Å². The summed E-state index contributed by atoms with van der Waals surface area (Å²) in [7, 11) is 1.53. The van der Waals surface area contributed by atoms with Gasteiger partial charge < -0.3 is 9.84 Å². The fourth-order valence-electron chi connectivity index (χ4n) is 3.93. The Morgan fingerprint density at radius 3 is 2.42 bits per heavy atom. The smallest absolute Gasteiger partial charge is 0.195 e. The minimum atomic E-state index is -1.27. The maximum atomic E-state index is 13.2. The third kappa shape index (κ3) is 2.59. The fourth-order valence-corrected chi connectivity index (χ4v) is 3.93. The van der Waals surface area contributed by atoms with Gasteiger partial charge in [0.2, 0.25) is 0 Å². The number of aliphatic hydroxyl groups is 1. The summed E-state index contributed by atoms with van der Waals surface area (Å²) < 4.78 is 5.77. The van der Waals surface area contributed by atoms with E-state index in [1.54, 1.807) is 6.92 Å². The SMILES string of the molecule is C=C=C(CC)[C@@]1(O)C[C@@](OC)(c2ccccc2)C(=O)C(C)=C1CC. The van der Waals surface area contributed by atoms with Gasteiger partial charge in [-0.3, -0.25) is 4.79 Å². The van der Waals surface area contributed by atoms with Crippen molar-refractivity contribution in [1.29, 1.82) is 0 Å². The zero-order valence-corrected chi connectivity index (χ0v) is 15.0. The highest BCUT2D eigenvalue weighted by atomic mass is 16.5. The lowest BCUT2D eigenvalue weighted by Gasteiger charge is -2.46. The van der Waals surface area contributed by atoms with Crippen molar-refractivity contribution in [2.45, 2.75) is 51.2 Å². The lowest BCUT2D eigenvalue weighted by Crippen LogP contribution is -2.52. The second-order valence-electron chi connectivity index (χ2n) is 6.23. The predicted molar refractivity (Wildman–Crippen MR) is 95.6 cm³/mol. The van der Waals surface area contributed by atoms with Gasteiger partial charge in [0.05, 0.1) is 0 Å². The number of hydrogen-bond donors (Lipinski definition) is 1. The maximum absolute atomic E-state index is 13.2. The Morgan fingerprint density at radius 2 is 1.96 bits per heavy atom. The molecule has 1 N–H and O–H groups in total. The van der Waals surface area contributed by atoms with E-state index >= 15 is 0 Å². The van der Waals surface area contributed by atoms with Crippen molar-refractivity contribution in [3.05, 3.63) is 64.9 Å². The third-order valence-electron chi connectivity index (χ3n) is 5.17. The number of methoxy groups -OCH3 is 1. The van der Waals surface area contributed by atoms with Crippen LogP contribution < -0.4 is 0 Å².